The minimum Gasteiger partial charge on any atom is -0.370 e. The van der Waals surface area contributed by atoms with E-state index < -0.39 is 0 Å². The molecule has 2 unspecified atom stereocenters. The highest BCUT2D eigenvalue weighted by molar-refractivity contribution is 8.02. The third-order valence-electron chi connectivity index (χ3n) is 4.66. The average molecular weight is 414 g/mol. The molecule has 2 atom stereocenters. The average Bonchev–Trinajstić information content (AvgIpc) is 3.12. The van der Waals surface area contributed by atoms with Crippen molar-refractivity contribution in [1.29, 1.82) is 0 Å². The zero-order chi connectivity index (χ0) is 20.8. The lowest BCUT2D eigenvalue weighted by molar-refractivity contribution is 0.244. The van der Waals surface area contributed by atoms with E-state index in [1.54, 1.807) is 16.7 Å². The summed E-state index contributed by atoms with van der Waals surface area (Å²) >= 11 is 1.62. The van der Waals surface area contributed by atoms with Gasteiger partial charge in [-0.1, -0.05) is 18.2 Å². The molecule has 0 fully saturated rings. The van der Waals surface area contributed by atoms with Gasteiger partial charge in [-0.15, -0.1) is 18.3 Å². The first-order valence-corrected chi connectivity index (χ1v) is 10.6. The number of rotatable bonds is 9. The molecule has 154 valence electrons. The van der Waals surface area contributed by atoms with E-state index in [0.29, 0.717) is 6.54 Å². The number of carbonyl (C=O) groups excluding carboxylic acids is 1. The van der Waals surface area contributed by atoms with Gasteiger partial charge in [-0.2, -0.15) is 0 Å². The van der Waals surface area contributed by atoms with Crippen molar-refractivity contribution in [2.45, 2.75) is 18.6 Å². The summed E-state index contributed by atoms with van der Waals surface area (Å²) in [5.74, 6) is 0.109. The van der Waals surface area contributed by atoms with Gasteiger partial charge in [0.1, 0.15) is 6.17 Å². The van der Waals surface area contributed by atoms with Gasteiger partial charge in [0.15, 0.2) is 5.96 Å². The van der Waals surface area contributed by atoms with Crippen LogP contribution in [0.4, 0.5) is 10.5 Å². The van der Waals surface area contributed by atoms with E-state index in [1.807, 2.05) is 42.8 Å². The molecule has 0 aliphatic carbocycles. The number of thioether (sulfide) groups is 1. The number of nitrogens with one attached hydrogen (secondary N) is 3. The van der Waals surface area contributed by atoms with Crippen LogP contribution in [0.25, 0.3) is 0 Å². The smallest absolute Gasteiger partial charge is 0.327 e. The lowest BCUT2D eigenvalue weighted by atomic mass is 10.1. The van der Waals surface area contributed by atoms with Crippen LogP contribution < -0.4 is 32.3 Å². The molecule has 2 aliphatic heterocycles. The third-order valence-corrected chi connectivity index (χ3v) is 5.34. The normalized spacial score (nSPS) is 18.7. The Morgan fingerprint density at radius 3 is 2.79 bits per heavy atom. The SMILES string of the molecule is C=CC(NCCCN=C(N)N)c1ccc(N2C=C3C=C(SC)NC3NC2=O)cc1. The summed E-state index contributed by atoms with van der Waals surface area (Å²) in [4.78, 5) is 18.1. The maximum Gasteiger partial charge on any atom is 0.327 e. The predicted octanol–water partition coefficient (Wildman–Crippen LogP) is 1.71. The zero-order valence-corrected chi connectivity index (χ0v) is 17.2. The van der Waals surface area contributed by atoms with Gasteiger partial charge in [0, 0.05) is 18.3 Å². The van der Waals surface area contributed by atoms with Gasteiger partial charge in [-0.25, -0.2) is 4.79 Å². The molecule has 8 nitrogen and oxygen atoms in total. The number of amides is 2. The third kappa shape index (κ3) is 5.12. The number of urea groups is 1. The Hall–Kier alpha value is -2.91. The van der Waals surface area contributed by atoms with Crippen molar-refractivity contribution in [1.82, 2.24) is 16.0 Å². The Labute approximate surface area is 175 Å². The van der Waals surface area contributed by atoms with Gasteiger partial charge in [-0.3, -0.25) is 9.89 Å². The van der Waals surface area contributed by atoms with Crippen molar-refractivity contribution in [3.63, 3.8) is 0 Å². The first-order valence-electron chi connectivity index (χ1n) is 9.36. The Morgan fingerprint density at radius 2 is 2.14 bits per heavy atom. The highest BCUT2D eigenvalue weighted by atomic mass is 32.2. The van der Waals surface area contributed by atoms with Gasteiger partial charge in [-0.05, 0) is 43.0 Å². The number of carbonyl (C=O) groups is 1. The van der Waals surface area contributed by atoms with Crippen molar-refractivity contribution < 1.29 is 4.79 Å². The van der Waals surface area contributed by atoms with Crippen molar-refractivity contribution >= 4 is 29.4 Å². The summed E-state index contributed by atoms with van der Waals surface area (Å²) < 4.78 is 0. The molecular formula is C20H27N7OS. The predicted molar refractivity (Wildman–Crippen MR) is 120 cm³/mol. The minimum absolute atomic E-state index is 0.00673. The van der Waals surface area contributed by atoms with Crippen molar-refractivity contribution in [3.05, 3.63) is 65.4 Å². The summed E-state index contributed by atoms with van der Waals surface area (Å²) in [6, 6.07) is 7.72. The van der Waals surface area contributed by atoms with Crippen LogP contribution in [-0.4, -0.2) is 37.5 Å². The fraction of sp³-hybridized carbons (Fsp3) is 0.300. The molecule has 1 aromatic carbocycles. The highest BCUT2D eigenvalue weighted by Crippen LogP contribution is 2.28. The zero-order valence-electron chi connectivity index (χ0n) is 16.4. The number of anilines is 1. The highest BCUT2D eigenvalue weighted by Gasteiger charge is 2.30. The molecule has 0 radical (unpaired) electrons. The molecule has 0 bridgehead atoms. The van der Waals surface area contributed by atoms with Crippen LogP contribution in [0.5, 0.6) is 0 Å². The number of fused-ring (bicyclic) bond motifs is 1. The van der Waals surface area contributed by atoms with E-state index in [1.165, 1.54) is 0 Å². The summed E-state index contributed by atoms with van der Waals surface area (Å²) in [5.41, 5.74) is 13.6. The molecule has 0 saturated carbocycles. The molecule has 1 aromatic rings. The van der Waals surface area contributed by atoms with Crippen LogP contribution in [0.3, 0.4) is 0 Å². The van der Waals surface area contributed by atoms with E-state index in [0.717, 1.165) is 34.8 Å². The maximum absolute atomic E-state index is 12.5. The van der Waals surface area contributed by atoms with E-state index in [4.69, 9.17) is 11.5 Å². The topological polar surface area (TPSA) is 121 Å². The molecular weight excluding hydrogens is 386 g/mol. The number of nitrogens with two attached hydrogens (primary N) is 2. The first-order chi connectivity index (χ1) is 14.0. The molecule has 2 aliphatic rings. The van der Waals surface area contributed by atoms with Crippen molar-refractivity contribution in [2.24, 2.45) is 16.5 Å². The molecule has 0 spiro atoms. The van der Waals surface area contributed by atoms with Gasteiger partial charge < -0.3 is 27.4 Å². The quantitative estimate of drug-likeness (QED) is 0.182. The number of guanidine groups is 1. The number of benzene rings is 1. The van der Waals surface area contributed by atoms with Crippen LogP contribution in [-0.2, 0) is 0 Å². The van der Waals surface area contributed by atoms with Crippen molar-refractivity contribution in [2.75, 3.05) is 24.2 Å². The number of hydrogen-bond donors (Lipinski definition) is 5. The van der Waals surface area contributed by atoms with Gasteiger partial charge in [0.25, 0.3) is 0 Å². The fourth-order valence-electron chi connectivity index (χ4n) is 3.17. The van der Waals surface area contributed by atoms with Gasteiger partial charge >= 0.3 is 6.03 Å². The monoisotopic (exact) mass is 413 g/mol. The minimum atomic E-state index is -0.159. The molecule has 0 aromatic heterocycles. The number of hydrogen-bond acceptors (Lipinski definition) is 5. The van der Waals surface area contributed by atoms with E-state index in [9.17, 15) is 4.79 Å². The summed E-state index contributed by atoms with van der Waals surface area (Å²) in [6.07, 6.45) is 8.45. The Balaban J connectivity index is 1.65. The van der Waals surface area contributed by atoms with Crippen LogP contribution in [0.15, 0.2) is 64.8 Å². The Morgan fingerprint density at radius 1 is 1.38 bits per heavy atom. The van der Waals surface area contributed by atoms with Crippen molar-refractivity contribution in [3.8, 4) is 0 Å². The lowest BCUT2D eigenvalue weighted by Crippen LogP contribution is -2.51. The standard InChI is InChI=1S/C20H27N7OS/c1-3-16(23-9-4-10-24-19(21)22)13-5-7-15(8-6-13)27-12-14-11-17(29-2)25-18(14)26-20(27)28/h3,5-8,11-12,16,18,23,25H,1,4,9-10H2,2H3,(H,26,28)(H4,21,22,24). The molecule has 0 saturated heterocycles. The largest absolute Gasteiger partial charge is 0.370 e. The second-order valence-corrected chi connectivity index (χ2v) is 7.51. The molecule has 2 heterocycles. The van der Waals surface area contributed by atoms with E-state index >= 15 is 0 Å². The van der Waals surface area contributed by atoms with Crippen LogP contribution >= 0.6 is 11.8 Å². The lowest BCUT2D eigenvalue weighted by Gasteiger charge is -2.29. The Kier molecular flexibility index (Phi) is 6.84. The second kappa shape index (κ2) is 9.53. The van der Waals surface area contributed by atoms with Crippen LogP contribution in [0.1, 0.15) is 18.0 Å². The fourth-order valence-corrected chi connectivity index (χ4v) is 3.66. The molecule has 7 N–H and O–H groups in total. The van der Waals surface area contributed by atoms with Gasteiger partial charge in [0.2, 0.25) is 0 Å². The maximum atomic E-state index is 12.5. The molecule has 9 heteroatoms. The Bertz CT molecular complexity index is 843. The molecule has 3 rings (SSSR count). The number of nitrogens with zero attached hydrogens (tertiary/aromatic N) is 2. The second-order valence-electron chi connectivity index (χ2n) is 6.66. The summed E-state index contributed by atoms with van der Waals surface area (Å²) in [7, 11) is 0. The number of aliphatic imine (C=N–C) groups is 1. The van der Waals surface area contributed by atoms with E-state index in [-0.39, 0.29) is 24.2 Å². The van der Waals surface area contributed by atoms with Crippen LogP contribution in [0.2, 0.25) is 0 Å². The van der Waals surface area contributed by atoms with Crippen LogP contribution in [0, 0.1) is 0 Å². The van der Waals surface area contributed by atoms with E-state index in [2.05, 4.69) is 33.6 Å². The summed E-state index contributed by atoms with van der Waals surface area (Å²) in [6.45, 7) is 5.25. The summed E-state index contributed by atoms with van der Waals surface area (Å²) in [5, 5.41) is 10.7. The molecule has 29 heavy (non-hydrogen) atoms. The molecule has 2 amide bonds. The van der Waals surface area contributed by atoms with Gasteiger partial charge in [0.05, 0.1) is 16.8 Å². The first kappa shape index (κ1) is 20.8.